The first-order valence-corrected chi connectivity index (χ1v) is 5.12. The van der Waals surface area contributed by atoms with Crippen molar-refractivity contribution >= 4 is 11.0 Å². The van der Waals surface area contributed by atoms with Gasteiger partial charge in [0.1, 0.15) is 11.3 Å². The van der Waals surface area contributed by atoms with Gasteiger partial charge in [0.05, 0.1) is 0 Å². The third-order valence-electron chi connectivity index (χ3n) is 3.00. The Hall–Kier alpha value is -1.28. The Morgan fingerprint density at radius 3 is 3.07 bits per heavy atom. The van der Waals surface area contributed by atoms with Crippen molar-refractivity contribution in [2.24, 2.45) is 5.73 Å². The van der Waals surface area contributed by atoms with Crippen molar-refractivity contribution in [2.75, 3.05) is 0 Å². The first-order valence-electron chi connectivity index (χ1n) is 5.12. The summed E-state index contributed by atoms with van der Waals surface area (Å²) in [6.45, 7) is 0. The summed E-state index contributed by atoms with van der Waals surface area (Å²) in [7, 11) is 0. The van der Waals surface area contributed by atoms with Crippen molar-refractivity contribution in [1.82, 2.24) is 0 Å². The van der Waals surface area contributed by atoms with Gasteiger partial charge in [-0.1, -0.05) is 18.2 Å². The number of benzene rings is 1. The molecule has 2 nitrogen and oxygen atoms in total. The molecule has 0 saturated heterocycles. The third kappa shape index (κ3) is 1.01. The van der Waals surface area contributed by atoms with E-state index in [1.54, 1.807) is 0 Å². The van der Waals surface area contributed by atoms with Crippen LogP contribution in [-0.4, -0.2) is 0 Å². The normalized spacial score (nSPS) is 21.1. The molecule has 3 rings (SSSR count). The fourth-order valence-electron chi connectivity index (χ4n) is 2.34. The molecule has 1 atom stereocenters. The van der Waals surface area contributed by atoms with Gasteiger partial charge in [0.25, 0.3) is 0 Å². The van der Waals surface area contributed by atoms with E-state index >= 15 is 0 Å². The molecule has 1 unspecified atom stereocenters. The van der Waals surface area contributed by atoms with E-state index in [1.807, 2.05) is 18.2 Å². The molecule has 0 radical (unpaired) electrons. The van der Waals surface area contributed by atoms with Gasteiger partial charge in [0.15, 0.2) is 0 Å². The number of hydrogen-bond donors (Lipinski definition) is 1. The van der Waals surface area contributed by atoms with Crippen LogP contribution in [0.25, 0.3) is 11.0 Å². The summed E-state index contributed by atoms with van der Waals surface area (Å²) >= 11 is 0. The Balaban J connectivity index is 2.34. The quantitative estimate of drug-likeness (QED) is 0.688. The van der Waals surface area contributed by atoms with Crippen LogP contribution in [0.1, 0.15) is 30.2 Å². The third-order valence-corrected chi connectivity index (χ3v) is 3.00. The van der Waals surface area contributed by atoms with Crippen molar-refractivity contribution in [3.05, 3.63) is 35.6 Å². The van der Waals surface area contributed by atoms with Crippen LogP contribution < -0.4 is 5.73 Å². The standard InChI is InChI=1S/C12H13NO/c13-9-5-3-7-11-12(9)8-4-1-2-6-10(8)14-11/h1-2,4,6,9H,3,5,7,13H2. The van der Waals surface area contributed by atoms with E-state index in [0.717, 1.165) is 30.6 Å². The molecular formula is C12H13NO. The minimum atomic E-state index is 0.169. The van der Waals surface area contributed by atoms with Gasteiger partial charge in [-0.15, -0.1) is 0 Å². The Morgan fingerprint density at radius 2 is 2.14 bits per heavy atom. The number of furan rings is 1. The van der Waals surface area contributed by atoms with Gasteiger partial charge in [-0.25, -0.2) is 0 Å². The second-order valence-electron chi connectivity index (χ2n) is 3.93. The molecule has 72 valence electrons. The van der Waals surface area contributed by atoms with Crippen LogP contribution in [0.15, 0.2) is 28.7 Å². The highest BCUT2D eigenvalue weighted by molar-refractivity contribution is 5.83. The summed E-state index contributed by atoms with van der Waals surface area (Å²) < 4.78 is 5.78. The van der Waals surface area contributed by atoms with Crippen LogP contribution >= 0.6 is 0 Å². The second kappa shape index (κ2) is 2.85. The Morgan fingerprint density at radius 1 is 1.29 bits per heavy atom. The summed E-state index contributed by atoms with van der Waals surface area (Å²) in [4.78, 5) is 0. The molecule has 2 aromatic rings. The van der Waals surface area contributed by atoms with Crippen LogP contribution in [0.2, 0.25) is 0 Å². The molecule has 0 fully saturated rings. The van der Waals surface area contributed by atoms with Crippen molar-refractivity contribution in [3.8, 4) is 0 Å². The molecule has 1 aromatic carbocycles. The van der Waals surface area contributed by atoms with Gasteiger partial charge in [-0.05, 0) is 18.9 Å². The molecule has 1 aromatic heterocycles. The van der Waals surface area contributed by atoms with Crippen LogP contribution in [0, 0.1) is 0 Å². The van der Waals surface area contributed by atoms with Crippen molar-refractivity contribution in [3.63, 3.8) is 0 Å². The highest BCUT2D eigenvalue weighted by Gasteiger charge is 2.23. The number of hydrogen-bond acceptors (Lipinski definition) is 2. The Bertz CT molecular complexity index is 472. The monoisotopic (exact) mass is 187 g/mol. The van der Waals surface area contributed by atoms with Crippen LogP contribution in [0.4, 0.5) is 0 Å². The van der Waals surface area contributed by atoms with Gasteiger partial charge < -0.3 is 10.2 Å². The molecule has 2 heteroatoms. The van der Waals surface area contributed by atoms with Gasteiger partial charge >= 0.3 is 0 Å². The number of fused-ring (bicyclic) bond motifs is 3. The maximum Gasteiger partial charge on any atom is 0.134 e. The predicted octanol–water partition coefficient (Wildman–Crippen LogP) is 2.77. The number of para-hydroxylation sites is 1. The first-order chi connectivity index (χ1) is 6.86. The van der Waals surface area contributed by atoms with Gasteiger partial charge in [-0.2, -0.15) is 0 Å². The molecular weight excluding hydrogens is 174 g/mol. The average Bonchev–Trinajstić information content (AvgIpc) is 2.57. The summed E-state index contributed by atoms with van der Waals surface area (Å²) in [5.74, 6) is 1.10. The maximum atomic E-state index is 6.10. The highest BCUT2D eigenvalue weighted by Crippen LogP contribution is 2.36. The molecule has 0 bridgehead atoms. The number of nitrogens with two attached hydrogens (primary N) is 1. The van der Waals surface area contributed by atoms with E-state index in [1.165, 1.54) is 10.9 Å². The average molecular weight is 187 g/mol. The minimum Gasteiger partial charge on any atom is -0.461 e. The zero-order chi connectivity index (χ0) is 9.54. The maximum absolute atomic E-state index is 6.10. The van der Waals surface area contributed by atoms with Crippen LogP contribution in [0.5, 0.6) is 0 Å². The lowest BCUT2D eigenvalue weighted by Gasteiger charge is -2.17. The van der Waals surface area contributed by atoms with E-state index in [2.05, 4.69) is 6.07 Å². The highest BCUT2D eigenvalue weighted by atomic mass is 16.3. The fourth-order valence-corrected chi connectivity index (χ4v) is 2.34. The Kier molecular flexibility index (Phi) is 1.64. The molecule has 1 aliphatic rings. The number of rotatable bonds is 0. The fraction of sp³-hybridized carbons (Fsp3) is 0.333. The zero-order valence-corrected chi connectivity index (χ0v) is 7.99. The molecule has 1 aliphatic carbocycles. The SMILES string of the molecule is NC1CCCc2oc3ccccc3c21. The zero-order valence-electron chi connectivity index (χ0n) is 7.99. The summed E-state index contributed by atoms with van der Waals surface area (Å²) in [5.41, 5.74) is 8.32. The first kappa shape index (κ1) is 8.06. The molecule has 1 heterocycles. The van der Waals surface area contributed by atoms with Crippen LogP contribution in [0.3, 0.4) is 0 Å². The van der Waals surface area contributed by atoms with Crippen molar-refractivity contribution in [2.45, 2.75) is 25.3 Å². The summed E-state index contributed by atoms with van der Waals surface area (Å²) in [6, 6.07) is 8.33. The van der Waals surface area contributed by atoms with E-state index in [9.17, 15) is 0 Å². The summed E-state index contributed by atoms with van der Waals surface area (Å²) in [5, 5.41) is 1.20. The largest absolute Gasteiger partial charge is 0.461 e. The smallest absolute Gasteiger partial charge is 0.134 e. The lowest BCUT2D eigenvalue weighted by Crippen LogP contribution is -2.15. The van der Waals surface area contributed by atoms with Gasteiger partial charge in [-0.3, -0.25) is 0 Å². The van der Waals surface area contributed by atoms with Gasteiger partial charge in [0, 0.05) is 23.4 Å². The molecule has 0 saturated carbocycles. The van der Waals surface area contributed by atoms with E-state index in [4.69, 9.17) is 10.2 Å². The van der Waals surface area contributed by atoms with E-state index in [0.29, 0.717) is 0 Å². The van der Waals surface area contributed by atoms with Gasteiger partial charge in [0.2, 0.25) is 0 Å². The second-order valence-corrected chi connectivity index (χ2v) is 3.93. The van der Waals surface area contributed by atoms with E-state index < -0.39 is 0 Å². The topological polar surface area (TPSA) is 39.2 Å². The predicted molar refractivity (Wildman–Crippen MR) is 56.1 cm³/mol. The van der Waals surface area contributed by atoms with Crippen molar-refractivity contribution < 1.29 is 4.42 Å². The molecule has 0 aliphatic heterocycles. The lowest BCUT2D eigenvalue weighted by atomic mass is 9.92. The molecule has 14 heavy (non-hydrogen) atoms. The Labute approximate surface area is 82.7 Å². The molecule has 2 N–H and O–H groups in total. The molecule has 0 spiro atoms. The lowest BCUT2D eigenvalue weighted by molar-refractivity contribution is 0.473. The summed E-state index contributed by atoms with van der Waals surface area (Å²) in [6.07, 6.45) is 3.27. The minimum absolute atomic E-state index is 0.169. The van der Waals surface area contributed by atoms with Crippen molar-refractivity contribution in [1.29, 1.82) is 0 Å². The van der Waals surface area contributed by atoms with E-state index in [-0.39, 0.29) is 6.04 Å². The van der Waals surface area contributed by atoms with Crippen LogP contribution in [-0.2, 0) is 6.42 Å². The number of aryl methyl sites for hydroxylation is 1. The molecule has 0 amide bonds.